The van der Waals surface area contributed by atoms with Gasteiger partial charge in [-0.2, -0.15) is 0 Å². The van der Waals surface area contributed by atoms with Gasteiger partial charge in [-0.1, -0.05) is 54.2 Å². The Hall–Kier alpha value is -5.57. The molecule has 3 aliphatic rings. The highest BCUT2D eigenvalue weighted by molar-refractivity contribution is 7.96. The van der Waals surface area contributed by atoms with Crippen LogP contribution in [0.2, 0.25) is 5.02 Å². The van der Waals surface area contributed by atoms with Crippen LogP contribution in [0.15, 0.2) is 60.7 Å². The Bertz CT molecular complexity index is 2400. The summed E-state index contributed by atoms with van der Waals surface area (Å²) in [5, 5.41) is 19.7. The van der Waals surface area contributed by atoms with E-state index in [1.165, 1.54) is 47.9 Å². The quantitative estimate of drug-likeness (QED) is 0.0354. The number of carbonyl (C=O) groups excluding carboxylic acids is 6. The Morgan fingerprint density at radius 3 is 2.36 bits per heavy atom. The average molecular weight is 1010 g/mol. The van der Waals surface area contributed by atoms with E-state index >= 15 is 0 Å². The van der Waals surface area contributed by atoms with E-state index in [0.717, 1.165) is 74.0 Å². The third kappa shape index (κ3) is 14.7. The van der Waals surface area contributed by atoms with E-state index in [9.17, 15) is 33.2 Å². The summed E-state index contributed by atoms with van der Waals surface area (Å²) in [5.74, 6) is 0.149. The molecule has 3 saturated heterocycles. The predicted octanol–water partition coefficient (Wildman–Crippen LogP) is 7.74. The van der Waals surface area contributed by atoms with Crippen LogP contribution < -0.4 is 30.9 Å². The summed E-state index contributed by atoms with van der Waals surface area (Å²) < 4.78 is 20.8. The van der Waals surface area contributed by atoms with E-state index in [0.29, 0.717) is 48.2 Å². The number of aliphatic hydroxyl groups excluding tert-OH is 2. The molecule has 0 saturated carbocycles. The Labute approximate surface area is 416 Å². The van der Waals surface area contributed by atoms with Gasteiger partial charge in [-0.15, -0.1) is 11.3 Å². The zero-order valence-corrected chi connectivity index (χ0v) is 42.2. The lowest BCUT2D eigenvalue weighted by molar-refractivity contribution is -0.134. The van der Waals surface area contributed by atoms with E-state index in [2.05, 4.69) is 47.0 Å². The Morgan fingerprint density at radius 1 is 1.00 bits per heavy atom. The number of nitrogens with one attached hydrogen (secondary N) is 2. The van der Waals surface area contributed by atoms with Crippen molar-refractivity contribution in [2.24, 2.45) is 0 Å². The molecule has 3 aliphatic heterocycles. The number of likely N-dealkylation sites (N-methyl/N-ethyl adjacent to an activating group) is 1. The number of carbonyl (C=O) groups is 6. The number of thiophene rings is 1. The predicted molar refractivity (Wildman–Crippen MR) is 273 cm³/mol. The summed E-state index contributed by atoms with van der Waals surface area (Å²) in [6.45, 7) is 6.81. The summed E-state index contributed by atoms with van der Waals surface area (Å²) in [6, 6.07) is 17.7. The molecular formula is C49H63ClFN7O9S2. The van der Waals surface area contributed by atoms with Crippen LogP contribution in [0.4, 0.5) is 31.9 Å². The molecule has 3 fully saturated rings. The fourth-order valence-electron chi connectivity index (χ4n) is 8.25. The van der Waals surface area contributed by atoms with Crippen molar-refractivity contribution in [1.29, 1.82) is 0 Å². The number of aldehydes is 2. The third-order valence-corrected chi connectivity index (χ3v) is 15.1. The first-order valence-electron chi connectivity index (χ1n) is 22.4. The van der Waals surface area contributed by atoms with Gasteiger partial charge in [0.15, 0.2) is 18.3 Å². The van der Waals surface area contributed by atoms with Crippen LogP contribution in [0.3, 0.4) is 0 Å². The number of anilines is 4. The number of urea groups is 1. The number of rotatable bonds is 14. The molecule has 0 radical (unpaired) electrons. The fourth-order valence-corrected chi connectivity index (χ4v) is 10.8. The summed E-state index contributed by atoms with van der Waals surface area (Å²) in [7, 11) is 5.52. The van der Waals surface area contributed by atoms with Gasteiger partial charge in [-0.25, -0.2) is 13.5 Å². The van der Waals surface area contributed by atoms with E-state index < -0.39 is 11.9 Å². The summed E-state index contributed by atoms with van der Waals surface area (Å²) >= 11 is 9.11. The third-order valence-electron chi connectivity index (χ3n) is 12.0. The number of nitrogens with zero attached hydrogens (tertiary/aromatic N) is 4. The number of imide groups is 1. The minimum Gasteiger partial charge on any atom is -0.483 e. The van der Waals surface area contributed by atoms with Crippen molar-refractivity contribution in [2.45, 2.75) is 82.0 Å². The number of hydrogen-bond acceptors (Lipinski definition) is 14. The number of piperidine rings is 3. The second-order valence-corrected chi connectivity index (χ2v) is 19.3. The second-order valence-electron chi connectivity index (χ2n) is 16.8. The molecule has 374 valence electrons. The molecule has 4 aromatic rings. The van der Waals surface area contributed by atoms with E-state index in [4.69, 9.17) is 32.3 Å². The second kappa shape index (κ2) is 27.0. The zero-order chi connectivity index (χ0) is 50.8. The number of likely N-dealkylation sites (tertiary alicyclic amines) is 1. The maximum atomic E-state index is 13.2. The molecule has 0 spiro atoms. The summed E-state index contributed by atoms with van der Waals surface area (Å²) in [5.41, 5.74) is 10.8. The standard InChI is InChI=1S/C34H46N6O4S.C13H9ClFNO3S.2CH4O/c1-34(2)16-5-6-17-40(34)45-22-24-8-7-9-27(20-24)35-33(44)39-18-14-25(15-19-39)26-10-11-28(30(21-26)37(3)23-41)38(4)29-12-13-31(42)36-32(29)43;14-11-12(19-4-3-17)10(6-18)20-13(11)7-1-2-8(15)9(16)5-7;2*1-2/h7-11,20-21,23,25,29H,5-6,12-19,22H2,1-4H3,(H,35,44)(H,36,42,43);1-3,5-6H,4,16H2;2*2H,1H3. The number of ether oxygens (including phenoxy) is 1. The minimum atomic E-state index is -0.533. The molecule has 3 aromatic carbocycles. The first kappa shape index (κ1) is 56.0. The molecule has 20 heteroatoms. The van der Waals surface area contributed by atoms with Crippen LogP contribution >= 0.6 is 34.9 Å². The average Bonchev–Trinajstić information content (AvgIpc) is 3.68. The van der Waals surface area contributed by atoms with Crippen molar-refractivity contribution in [3.05, 3.63) is 87.5 Å². The topological polar surface area (TPSA) is 215 Å². The molecule has 0 aliphatic carbocycles. The first-order chi connectivity index (χ1) is 33.1. The lowest BCUT2D eigenvalue weighted by Gasteiger charge is -2.41. The molecule has 1 atom stereocenters. The Balaban J connectivity index is 0.000000360. The number of nitrogens with two attached hydrogens (primary N) is 1. The van der Waals surface area contributed by atoms with Crippen LogP contribution in [0.1, 0.15) is 85.5 Å². The molecule has 1 aromatic heterocycles. The van der Waals surface area contributed by atoms with Gasteiger partial charge in [-0.3, -0.25) is 29.3 Å². The molecule has 6 N–H and O–H groups in total. The highest BCUT2D eigenvalue weighted by atomic mass is 35.5. The maximum Gasteiger partial charge on any atom is 0.321 e. The lowest BCUT2D eigenvalue weighted by Crippen LogP contribution is -2.51. The highest BCUT2D eigenvalue weighted by Gasteiger charge is 2.33. The van der Waals surface area contributed by atoms with Crippen LogP contribution in [-0.4, -0.2) is 122 Å². The first-order valence-corrected chi connectivity index (χ1v) is 24.5. The molecule has 0 bridgehead atoms. The van der Waals surface area contributed by atoms with E-state index in [1.807, 2.05) is 53.1 Å². The molecule has 16 nitrogen and oxygen atoms in total. The van der Waals surface area contributed by atoms with Crippen molar-refractivity contribution in [2.75, 3.05) is 75.4 Å². The Kier molecular flexibility index (Phi) is 21.9. The van der Waals surface area contributed by atoms with Gasteiger partial charge in [0.25, 0.3) is 0 Å². The van der Waals surface area contributed by atoms with Crippen molar-refractivity contribution >= 4 is 94.5 Å². The van der Waals surface area contributed by atoms with Gasteiger partial charge < -0.3 is 40.7 Å². The number of amides is 5. The summed E-state index contributed by atoms with van der Waals surface area (Å²) in [4.78, 5) is 76.5. The van der Waals surface area contributed by atoms with Gasteiger partial charge >= 0.3 is 6.03 Å². The van der Waals surface area contributed by atoms with Gasteiger partial charge in [-0.05, 0) is 105 Å². The fraction of sp³-hybridized carbons (Fsp3) is 0.429. The number of benzene rings is 3. The largest absolute Gasteiger partial charge is 0.483 e. The smallest absolute Gasteiger partial charge is 0.321 e. The Morgan fingerprint density at radius 2 is 1.72 bits per heavy atom. The van der Waals surface area contributed by atoms with Crippen LogP contribution in [0.25, 0.3) is 10.4 Å². The minimum absolute atomic E-state index is 0.0185. The summed E-state index contributed by atoms with van der Waals surface area (Å²) in [6.07, 6.45) is 7.98. The molecular weight excluding hydrogens is 949 g/mol. The molecule has 4 heterocycles. The van der Waals surface area contributed by atoms with Crippen LogP contribution in [0.5, 0.6) is 5.75 Å². The SMILES string of the molecule is CN(C=O)c1cc(C2CCN(C(=O)Nc3cccc(CSN4CCCCC4(C)C)c3)CC2)ccc1N(C)C1CCC(=O)NC1=O.CO.CO.Nc1cc(-c2sc(C=O)c(OCC=O)c2Cl)ccc1F. The van der Waals surface area contributed by atoms with Crippen molar-refractivity contribution in [1.82, 2.24) is 14.5 Å². The van der Waals surface area contributed by atoms with Crippen LogP contribution in [-0.2, 0) is 24.9 Å². The lowest BCUT2D eigenvalue weighted by atomic mass is 9.88. The molecule has 5 amide bonds. The number of nitrogen functional groups attached to an aromatic ring is 1. The zero-order valence-electron chi connectivity index (χ0n) is 39.8. The normalized spacial score (nSPS) is 16.7. The van der Waals surface area contributed by atoms with Gasteiger partial charge in [0.2, 0.25) is 18.2 Å². The van der Waals surface area contributed by atoms with Crippen molar-refractivity contribution < 1.29 is 48.1 Å². The van der Waals surface area contributed by atoms with E-state index in [1.54, 1.807) is 7.05 Å². The van der Waals surface area contributed by atoms with Gasteiger partial charge in [0.05, 0.1) is 21.9 Å². The van der Waals surface area contributed by atoms with Crippen molar-refractivity contribution in [3.8, 4) is 16.2 Å². The number of halogens is 2. The molecule has 7 rings (SSSR count). The van der Waals surface area contributed by atoms with Gasteiger partial charge in [0, 0.05) is 71.3 Å². The number of hydrogen-bond donors (Lipinski definition) is 5. The molecule has 1 unspecified atom stereocenters. The number of aliphatic hydroxyl groups is 2. The highest BCUT2D eigenvalue weighted by Crippen LogP contribution is 2.45. The van der Waals surface area contributed by atoms with Gasteiger partial charge in [0.1, 0.15) is 28.4 Å². The monoisotopic (exact) mass is 1010 g/mol. The van der Waals surface area contributed by atoms with Crippen molar-refractivity contribution in [3.63, 3.8) is 0 Å². The maximum absolute atomic E-state index is 13.2. The molecule has 69 heavy (non-hydrogen) atoms. The van der Waals surface area contributed by atoms with Crippen LogP contribution in [0, 0.1) is 5.82 Å². The van der Waals surface area contributed by atoms with E-state index in [-0.39, 0.29) is 63.7 Å².